The summed E-state index contributed by atoms with van der Waals surface area (Å²) in [5, 5.41) is 0. The Kier molecular flexibility index (Phi) is 5.11. The molecule has 2 aromatic rings. The van der Waals surface area contributed by atoms with E-state index in [1.165, 1.54) is 31.5 Å². The van der Waals surface area contributed by atoms with Crippen LogP contribution >= 0.6 is 0 Å². The van der Waals surface area contributed by atoms with Crippen LogP contribution in [0.4, 0.5) is 0 Å². The predicted octanol–water partition coefficient (Wildman–Crippen LogP) is 3.19. The number of para-hydroxylation sites is 1. The molecule has 4 heteroatoms. The summed E-state index contributed by atoms with van der Waals surface area (Å²) in [5.74, 6) is 1.89. The number of ether oxygens (including phenoxy) is 1. The fourth-order valence-corrected chi connectivity index (χ4v) is 3.09. The van der Waals surface area contributed by atoms with Gasteiger partial charge in [-0.05, 0) is 24.9 Å². The van der Waals surface area contributed by atoms with E-state index in [9.17, 15) is 0 Å². The van der Waals surface area contributed by atoms with Crippen LogP contribution in [0.5, 0.6) is 5.75 Å². The molecule has 1 aliphatic rings. The van der Waals surface area contributed by atoms with Crippen LogP contribution in [-0.2, 0) is 13.1 Å². The van der Waals surface area contributed by atoms with E-state index in [1.807, 2.05) is 17.1 Å². The Hall–Kier alpha value is -1.81. The number of hydrogen-bond donors (Lipinski definition) is 0. The van der Waals surface area contributed by atoms with Crippen LogP contribution in [0.2, 0.25) is 0 Å². The summed E-state index contributed by atoms with van der Waals surface area (Å²) in [6.07, 6.45) is 8.21. The maximum absolute atomic E-state index is 6.00. The molecule has 1 aromatic heterocycles. The van der Waals surface area contributed by atoms with Crippen LogP contribution < -0.4 is 4.74 Å². The summed E-state index contributed by atoms with van der Waals surface area (Å²) in [7, 11) is 0. The molecule has 0 spiro atoms. The number of likely N-dealkylation sites (tertiary alicyclic amines) is 1. The molecule has 0 N–H and O–H groups in total. The van der Waals surface area contributed by atoms with Gasteiger partial charge in [0.15, 0.2) is 0 Å². The number of nitrogens with zero attached hydrogens (tertiary/aromatic N) is 3. The zero-order valence-electron chi connectivity index (χ0n) is 13.3. The Balaban J connectivity index is 1.55. The highest BCUT2D eigenvalue weighted by Crippen LogP contribution is 2.25. The summed E-state index contributed by atoms with van der Waals surface area (Å²) in [6.45, 7) is 7.22. The van der Waals surface area contributed by atoms with Crippen molar-refractivity contribution < 1.29 is 4.74 Å². The number of imidazole rings is 1. The van der Waals surface area contributed by atoms with Crippen molar-refractivity contribution in [2.24, 2.45) is 5.92 Å². The minimum absolute atomic E-state index is 0.672. The van der Waals surface area contributed by atoms with Crippen LogP contribution in [0.3, 0.4) is 0 Å². The zero-order valence-corrected chi connectivity index (χ0v) is 13.3. The van der Waals surface area contributed by atoms with Gasteiger partial charge >= 0.3 is 0 Å². The van der Waals surface area contributed by atoms with Gasteiger partial charge in [0.25, 0.3) is 0 Å². The molecular formula is C18H25N3O. The van der Waals surface area contributed by atoms with Gasteiger partial charge in [-0.2, -0.15) is 0 Å². The molecule has 0 amide bonds. The third kappa shape index (κ3) is 3.89. The Morgan fingerprint density at radius 2 is 2.23 bits per heavy atom. The zero-order chi connectivity index (χ0) is 15.2. The van der Waals surface area contributed by atoms with Crippen LogP contribution in [0, 0.1) is 5.92 Å². The first-order chi connectivity index (χ1) is 10.8. The van der Waals surface area contributed by atoms with Crippen LogP contribution in [0.25, 0.3) is 0 Å². The molecule has 118 valence electrons. The third-order valence-corrected chi connectivity index (χ3v) is 4.48. The van der Waals surface area contributed by atoms with Crippen LogP contribution in [0.15, 0.2) is 43.0 Å². The molecule has 1 atom stereocenters. The highest BCUT2D eigenvalue weighted by atomic mass is 16.5. The molecule has 1 aliphatic heterocycles. The summed E-state index contributed by atoms with van der Waals surface area (Å²) in [4.78, 5) is 6.60. The van der Waals surface area contributed by atoms with Gasteiger partial charge in [-0.3, -0.25) is 4.90 Å². The molecule has 4 nitrogen and oxygen atoms in total. The molecule has 22 heavy (non-hydrogen) atoms. The van der Waals surface area contributed by atoms with Crippen molar-refractivity contribution >= 4 is 0 Å². The van der Waals surface area contributed by atoms with Gasteiger partial charge in [0, 0.05) is 31.0 Å². The van der Waals surface area contributed by atoms with Crippen LogP contribution in [0.1, 0.15) is 25.3 Å². The van der Waals surface area contributed by atoms with Gasteiger partial charge in [0.05, 0.1) is 12.9 Å². The van der Waals surface area contributed by atoms with Crippen molar-refractivity contribution in [3.8, 4) is 5.75 Å². The summed E-state index contributed by atoms with van der Waals surface area (Å²) >= 11 is 0. The molecule has 0 saturated carbocycles. The molecule has 0 bridgehead atoms. The third-order valence-electron chi connectivity index (χ3n) is 4.48. The average molecular weight is 299 g/mol. The smallest absolute Gasteiger partial charge is 0.123 e. The van der Waals surface area contributed by atoms with Gasteiger partial charge < -0.3 is 9.30 Å². The fraction of sp³-hybridized carbons (Fsp3) is 0.500. The van der Waals surface area contributed by atoms with Crippen molar-refractivity contribution in [1.29, 1.82) is 0 Å². The number of aromatic nitrogens is 2. The highest BCUT2D eigenvalue weighted by Gasteiger charge is 2.21. The molecule has 2 heterocycles. The minimum Gasteiger partial charge on any atom is -0.491 e. The molecule has 1 saturated heterocycles. The van der Waals surface area contributed by atoms with E-state index in [0.29, 0.717) is 6.61 Å². The first-order valence-electron chi connectivity index (χ1n) is 8.24. The molecular weight excluding hydrogens is 274 g/mol. The molecule has 1 fully saturated rings. The SMILES string of the molecule is CC[C@@H]1CCN(Cc2ccccc2OCCn2ccnc2)C1. The monoisotopic (exact) mass is 299 g/mol. The maximum atomic E-state index is 6.00. The van der Waals surface area contributed by atoms with Gasteiger partial charge in [-0.25, -0.2) is 4.98 Å². The highest BCUT2D eigenvalue weighted by molar-refractivity contribution is 5.33. The second kappa shape index (κ2) is 7.45. The van der Waals surface area contributed by atoms with Crippen molar-refractivity contribution in [2.75, 3.05) is 19.7 Å². The van der Waals surface area contributed by atoms with Crippen molar-refractivity contribution in [3.63, 3.8) is 0 Å². The summed E-state index contributed by atoms with van der Waals surface area (Å²) in [6, 6.07) is 8.42. The van der Waals surface area contributed by atoms with Gasteiger partial charge in [0.1, 0.15) is 12.4 Å². The van der Waals surface area contributed by atoms with Crippen molar-refractivity contribution in [3.05, 3.63) is 48.5 Å². The number of rotatable bonds is 7. The quantitative estimate of drug-likeness (QED) is 0.786. The average Bonchev–Trinajstić information content (AvgIpc) is 3.20. The topological polar surface area (TPSA) is 30.3 Å². The normalized spacial score (nSPS) is 18.7. The molecule has 0 radical (unpaired) electrons. The van der Waals surface area contributed by atoms with E-state index in [2.05, 4.69) is 41.1 Å². The molecule has 3 rings (SSSR count). The Labute approximate surface area is 132 Å². The van der Waals surface area contributed by atoms with Crippen molar-refractivity contribution in [2.45, 2.75) is 32.9 Å². The predicted molar refractivity (Wildman–Crippen MR) is 87.8 cm³/mol. The lowest BCUT2D eigenvalue weighted by Crippen LogP contribution is -2.20. The summed E-state index contributed by atoms with van der Waals surface area (Å²) in [5.41, 5.74) is 1.30. The van der Waals surface area contributed by atoms with Gasteiger partial charge in [-0.15, -0.1) is 0 Å². The summed E-state index contributed by atoms with van der Waals surface area (Å²) < 4.78 is 8.04. The van der Waals surface area contributed by atoms with Gasteiger partial charge in [-0.1, -0.05) is 31.5 Å². The fourth-order valence-electron chi connectivity index (χ4n) is 3.09. The first-order valence-corrected chi connectivity index (χ1v) is 8.24. The lowest BCUT2D eigenvalue weighted by molar-refractivity contribution is 0.278. The maximum Gasteiger partial charge on any atom is 0.123 e. The molecule has 0 unspecified atom stereocenters. The van der Waals surface area contributed by atoms with E-state index in [1.54, 1.807) is 6.20 Å². The largest absolute Gasteiger partial charge is 0.491 e. The molecule has 0 aliphatic carbocycles. The lowest BCUT2D eigenvalue weighted by atomic mass is 10.1. The van der Waals surface area contributed by atoms with E-state index >= 15 is 0 Å². The van der Waals surface area contributed by atoms with E-state index in [0.717, 1.165) is 24.8 Å². The minimum atomic E-state index is 0.672. The Morgan fingerprint density at radius 1 is 1.32 bits per heavy atom. The number of hydrogen-bond acceptors (Lipinski definition) is 3. The second-order valence-corrected chi connectivity index (χ2v) is 6.05. The lowest BCUT2D eigenvalue weighted by Gasteiger charge is -2.18. The van der Waals surface area contributed by atoms with Crippen LogP contribution in [-0.4, -0.2) is 34.1 Å². The van der Waals surface area contributed by atoms with Gasteiger partial charge in [0.2, 0.25) is 0 Å². The van der Waals surface area contributed by atoms with Crippen molar-refractivity contribution in [1.82, 2.24) is 14.5 Å². The van der Waals surface area contributed by atoms with E-state index in [4.69, 9.17) is 4.74 Å². The van der Waals surface area contributed by atoms with E-state index in [-0.39, 0.29) is 0 Å². The molecule has 1 aromatic carbocycles. The second-order valence-electron chi connectivity index (χ2n) is 6.05. The Bertz CT molecular complexity index is 567. The number of benzene rings is 1. The first kappa shape index (κ1) is 15.1. The standard InChI is InChI=1S/C18H25N3O/c1-2-16-7-9-21(13-16)14-17-5-3-4-6-18(17)22-12-11-20-10-8-19-15-20/h3-6,8,10,15-16H,2,7,9,11-14H2,1H3/t16-/m1/s1. The Morgan fingerprint density at radius 3 is 3.00 bits per heavy atom. The van der Waals surface area contributed by atoms with E-state index < -0.39 is 0 Å².